The second-order valence-corrected chi connectivity index (χ2v) is 11.0. The van der Waals surface area contributed by atoms with E-state index < -0.39 is 25.1 Å². The molecule has 0 saturated carbocycles. The van der Waals surface area contributed by atoms with E-state index in [1.165, 1.54) is 34.9 Å². The topological polar surface area (TPSA) is 80.8 Å². The molecule has 0 spiro atoms. The Morgan fingerprint density at radius 2 is 2.00 bits per heavy atom. The first kappa shape index (κ1) is 18.4. The van der Waals surface area contributed by atoms with Crippen molar-refractivity contribution < 1.29 is 21.6 Å². The van der Waals surface area contributed by atoms with Crippen LogP contribution in [0.2, 0.25) is 0 Å². The summed E-state index contributed by atoms with van der Waals surface area (Å²) in [7, 11) is -5.69. The fourth-order valence-electron chi connectivity index (χ4n) is 2.87. The van der Waals surface area contributed by atoms with Crippen molar-refractivity contribution in [3.63, 3.8) is 0 Å². The molecule has 1 aliphatic rings. The highest BCUT2D eigenvalue weighted by molar-refractivity contribution is 7.92. The minimum atomic E-state index is -3.77. The molecule has 0 bridgehead atoms. The van der Waals surface area contributed by atoms with Crippen LogP contribution < -0.4 is 4.74 Å². The van der Waals surface area contributed by atoms with Crippen molar-refractivity contribution in [2.24, 2.45) is 0 Å². The molecule has 0 amide bonds. The summed E-state index contributed by atoms with van der Waals surface area (Å²) in [6.45, 7) is 0.130. The summed E-state index contributed by atoms with van der Waals surface area (Å²) in [6, 6.07) is 9.82. The van der Waals surface area contributed by atoms with Gasteiger partial charge in [-0.15, -0.1) is 11.3 Å². The van der Waals surface area contributed by atoms with Crippen molar-refractivity contribution >= 4 is 31.2 Å². The lowest BCUT2D eigenvalue weighted by molar-refractivity contribution is 0.410. The van der Waals surface area contributed by atoms with E-state index in [-0.39, 0.29) is 30.2 Å². The molecule has 3 rings (SSSR count). The zero-order valence-corrected chi connectivity index (χ0v) is 16.1. The minimum absolute atomic E-state index is 0.0379. The van der Waals surface area contributed by atoms with Gasteiger partial charge in [0.2, 0.25) is 10.0 Å². The molecule has 136 valence electrons. The average molecular weight is 402 g/mol. The summed E-state index contributed by atoms with van der Waals surface area (Å²) in [5, 5.41) is 1.19. The first-order valence-electron chi connectivity index (χ1n) is 7.74. The Balaban J connectivity index is 1.89. The molecule has 25 heavy (non-hydrogen) atoms. The number of benzene rings is 1. The number of hydrogen-bond donors (Lipinski definition) is 0. The zero-order chi connectivity index (χ0) is 18.1. The van der Waals surface area contributed by atoms with Crippen LogP contribution in [0.1, 0.15) is 16.5 Å². The SMILES string of the molecule is COc1cccc(S(=O)(=O)N2CCC(c3cccs3)S(=O)(=O)CC2)c1. The fraction of sp³-hybridized carbons (Fsp3) is 0.375. The van der Waals surface area contributed by atoms with Crippen molar-refractivity contribution in [3.05, 3.63) is 46.7 Å². The first-order valence-corrected chi connectivity index (χ1v) is 11.8. The van der Waals surface area contributed by atoms with E-state index in [1.807, 2.05) is 11.4 Å². The van der Waals surface area contributed by atoms with Crippen molar-refractivity contribution in [1.82, 2.24) is 4.31 Å². The van der Waals surface area contributed by atoms with Gasteiger partial charge in [-0.2, -0.15) is 4.31 Å². The molecule has 1 aromatic heterocycles. The van der Waals surface area contributed by atoms with E-state index in [2.05, 4.69) is 0 Å². The maximum atomic E-state index is 12.9. The Morgan fingerprint density at radius 1 is 1.20 bits per heavy atom. The molecular weight excluding hydrogens is 382 g/mol. The van der Waals surface area contributed by atoms with Gasteiger partial charge in [-0.3, -0.25) is 0 Å². The number of ether oxygens (including phenoxy) is 1. The van der Waals surface area contributed by atoms with Gasteiger partial charge < -0.3 is 4.74 Å². The molecule has 2 heterocycles. The summed E-state index contributed by atoms with van der Waals surface area (Å²) in [4.78, 5) is 0.874. The third-order valence-corrected chi connectivity index (χ3v) is 9.38. The van der Waals surface area contributed by atoms with Crippen LogP contribution in [-0.2, 0) is 19.9 Å². The molecule has 1 atom stereocenters. The lowest BCUT2D eigenvalue weighted by Crippen LogP contribution is -2.33. The van der Waals surface area contributed by atoms with Crippen LogP contribution in [0, 0.1) is 0 Å². The van der Waals surface area contributed by atoms with Crippen LogP contribution >= 0.6 is 11.3 Å². The largest absolute Gasteiger partial charge is 0.497 e. The Kier molecular flexibility index (Phi) is 5.19. The Morgan fingerprint density at radius 3 is 2.68 bits per heavy atom. The molecule has 0 aliphatic carbocycles. The molecule has 0 radical (unpaired) electrons. The summed E-state index contributed by atoms with van der Waals surface area (Å²) >= 11 is 1.39. The Hall–Kier alpha value is -1.42. The van der Waals surface area contributed by atoms with Gasteiger partial charge in [-0.25, -0.2) is 16.8 Å². The lowest BCUT2D eigenvalue weighted by atomic mass is 10.2. The smallest absolute Gasteiger partial charge is 0.243 e. The Labute approximate surface area is 152 Å². The Bertz CT molecular complexity index is 936. The van der Waals surface area contributed by atoms with Gasteiger partial charge in [-0.1, -0.05) is 12.1 Å². The van der Waals surface area contributed by atoms with Gasteiger partial charge in [0.15, 0.2) is 9.84 Å². The highest BCUT2D eigenvalue weighted by atomic mass is 32.2. The summed E-state index contributed by atoms with van der Waals surface area (Å²) in [6.07, 6.45) is 0.256. The highest BCUT2D eigenvalue weighted by Crippen LogP contribution is 2.33. The number of nitrogens with zero attached hydrogens (tertiary/aromatic N) is 1. The molecule has 1 saturated heterocycles. The van der Waals surface area contributed by atoms with E-state index in [9.17, 15) is 16.8 Å². The minimum Gasteiger partial charge on any atom is -0.497 e. The maximum Gasteiger partial charge on any atom is 0.243 e. The summed E-state index contributed by atoms with van der Waals surface area (Å²) < 4.78 is 57.3. The van der Waals surface area contributed by atoms with E-state index in [0.29, 0.717) is 5.75 Å². The predicted molar refractivity (Wildman–Crippen MR) is 97.2 cm³/mol. The number of hydrogen-bond acceptors (Lipinski definition) is 6. The van der Waals surface area contributed by atoms with Crippen molar-refractivity contribution in [2.45, 2.75) is 16.6 Å². The number of rotatable bonds is 4. The van der Waals surface area contributed by atoms with Crippen LogP contribution in [0.25, 0.3) is 0 Å². The molecule has 9 heteroatoms. The number of methoxy groups -OCH3 is 1. The quantitative estimate of drug-likeness (QED) is 0.785. The number of sulfonamides is 1. The van der Waals surface area contributed by atoms with Crippen LogP contribution in [0.3, 0.4) is 0 Å². The molecule has 1 fully saturated rings. The van der Waals surface area contributed by atoms with Crippen molar-refractivity contribution in [1.29, 1.82) is 0 Å². The molecule has 0 N–H and O–H groups in total. The van der Waals surface area contributed by atoms with Gasteiger partial charge >= 0.3 is 0 Å². The molecule has 1 aromatic carbocycles. The normalized spacial score (nSPS) is 21.6. The maximum absolute atomic E-state index is 12.9. The van der Waals surface area contributed by atoms with Gasteiger partial charge in [0.05, 0.1) is 23.0 Å². The van der Waals surface area contributed by atoms with Crippen molar-refractivity contribution in [2.75, 3.05) is 26.0 Å². The lowest BCUT2D eigenvalue weighted by Gasteiger charge is -2.19. The van der Waals surface area contributed by atoms with Crippen LogP contribution in [0.5, 0.6) is 5.75 Å². The fourth-order valence-corrected chi connectivity index (χ4v) is 7.48. The van der Waals surface area contributed by atoms with E-state index >= 15 is 0 Å². The summed E-state index contributed by atoms with van der Waals surface area (Å²) in [5.41, 5.74) is 0. The van der Waals surface area contributed by atoms with Gasteiger partial charge in [-0.05, 0) is 30.0 Å². The van der Waals surface area contributed by atoms with Crippen LogP contribution in [-0.4, -0.2) is 47.1 Å². The number of thiophene rings is 1. The van der Waals surface area contributed by atoms with Crippen LogP contribution in [0.15, 0.2) is 46.7 Å². The third kappa shape index (κ3) is 3.74. The number of sulfone groups is 1. The van der Waals surface area contributed by atoms with E-state index in [4.69, 9.17) is 4.74 Å². The first-order chi connectivity index (χ1) is 11.8. The predicted octanol–water partition coefficient (Wildman–Crippen LogP) is 2.31. The highest BCUT2D eigenvalue weighted by Gasteiger charge is 2.36. The molecule has 2 aromatic rings. The standard InChI is InChI=1S/C16H19NO5S3/c1-22-13-4-2-5-14(12-13)25(20,21)17-8-7-16(15-6-3-10-23-15)24(18,19)11-9-17/h2-6,10,12,16H,7-9,11H2,1H3. The van der Waals surface area contributed by atoms with E-state index in [1.54, 1.807) is 18.2 Å². The zero-order valence-electron chi connectivity index (χ0n) is 13.7. The van der Waals surface area contributed by atoms with Gasteiger partial charge in [0.25, 0.3) is 0 Å². The average Bonchev–Trinajstić information content (AvgIpc) is 3.06. The second kappa shape index (κ2) is 7.06. The van der Waals surface area contributed by atoms with Crippen molar-refractivity contribution in [3.8, 4) is 5.75 Å². The summed E-state index contributed by atoms with van der Waals surface area (Å²) in [5.74, 6) is 0.263. The van der Waals surface area contributed by atoms with Crippen LogP contribution in [0.4, 0.5) is 0 Å². The molecular formula is C16H19NO5S3. The molecule has 1 unspecified atom stereocenters. The monoisotopic (exact) mass is 401 g/mol. The second-order valence-electron chi connectivity index (χ2n) is 5.74. The van der Waals surface area contributed by atoms with Gasteiger partial charge in [0, 0.05) is 24.0 Å². The van der Waals surface area contributed by atoms with Gasteiger partial charge in [0.1, 0.15) is 5.75 Å². The molecule has 6 nitrogen and oxygen atoms in total. The van der Waals surface area contributed by atoms with E-state index in [0.717, 1.165) is 4.88 Å². The molecule has 1 aliphatic heterocycles. The third-order valence-electron chi connectivity index (χ3n) is 4.24.